The number of aliphatic carboxylic acids is 1. The number of nitrogens with one attached hydrogen (secondary N) is 1. The predicted octanol–water partition coefficient (Wildman–Crippen LogP) is 2.12. The number of unbranched alkanes of at least 4 members (excludes halogenated alkanes) is 1. The lowest BCUT2D eigenvalue weighted by molar-refractivity contribution is -0.137. The second kappa shape index (κ2) is 6.74. The molecule has 4 nitrogen and oxygen atoms in total. The minimum Gasteiger partial charge on any atom is -0.481 e. The molecule has 0 aliphatic heterocycles. The first kappa shape index (κ1) is 14.2. The zero-order chi connectivity index (χ0) is 13.5. The quantitative estimate of drug-likeness (QED) is 0.763. The van der Waals surface area contributed by atoms with E-state index in [2.05, 4.69) is 5.32 Å². The number of carbonyl (C=O) groups is 2. The van der Waals surface area contributed by atoms with E-state index in [1.165, 1.54) is 18.2 Å². The van der Waals surface area contributed by atoms with E-state index in [4.69, 9.17) is 5.11 Å². The van der Waals surface area contributed by atoms with Crippen LogP contribution in [-0.4, -0.2) is 23.5 Å². The van der Waals surface area contributed by atoms with Gasteiger partial charge in [-0.3, -0.25) is 9.59 Å². The van der Waals surface area contributed by atoms with E-state index in [0.29, 0.717) is 30.5 Å². The summed E-state index contributed by atoms with van der Waals surface area (Å²) in [6, 6.07) is 4.17. The van der Waals surface area contributed by atoms with Crippen molar-refractivity contribution in [2.24, 2.45) is 0 Å². The highest BCUT2D eigenvalue weighted by Crippen LogP contribution is 2.09. The van der Waals surface area contributed by atoms with Gasteiger partial charge < -0.3 is 10.4 Å². The molecule has 0 saturated carbocycles. The number of hydrogen-bond acceptors (Lipinski definition) is 2. The zero-order valence-corrected chi connectivity index (χ0v) is 10.2. The van der Waals surface area contributed by atoms with Crippen LogP contribution in [0.4, 0.5) is 4.39 Å². The topological polar surface area (TPSA) is 66.4 Å². The number of halogens is 1. The Morgan fingerprint density at radius 1 is 1.33 bits per heavy atom. The van der Waals surface area contributed by atoms with Crippen LogP contribution in [0.2, 0.25) is 0 Å². The van der Waals surface area contributed by atoms with Gasteiger partial charge in [0.05, 0.1) is 0 Å². The van der Waals surface area contributed by atoms with E-state index in [1.807, 2.05) is 0 Å². The first-order chi connectivity index (χ1) is 8.50. The third-order valence-corrected chi connectivity index (χ3v) is 2.52. The first-order valence-electron chi connectivity index (χ1n) is 5.77. The van der Waals surface area contributed by atoms with Crippen molar-refractivity contribution in [2.75, 3.05) is 6.54 Å². The maximum atomic E-state index is 13.0. The lowest BCUT2D eigenvalue weighted by Crippen LogP contribution is -2.24. The Labute approximate surface area is 105 Å². The Balaban J connectivity index is 2.36. The van der Waals surface area contributed by atoms with Gasteiger partial charge in [-0.05, 0) is 43.5 Å². The van der Waals surface area contributed by atoms with Gasteiger partial charge in [0.25, 0.3) is 5.91 Å². The van der Waals surface area contributed by atoms with Crippen LogP contribution in [-0.2, 0) is 4.79 Å². The van der Waals surface area contributed by atoms with Crippen molar-refractivity contribution in [2.45, 2.75) is 26.2 Å². The summed E-state index contributed by atoms with van der Waals surface area (Å²) in [7, 11) is 0. The van der Waals surface area contributed by atoms with E-state index >= 15 is 0 Å². The van der Waals surface area contributed by atoms with Crippen molar-refractivity contribution >= 4 is 11.9 Å². The van der Waals surface area contributed by atoms with Gasteiger partial charge in [0.2, 0.25) is 0 Å². The molecule has 0 heterocycles. The maximum absolute atomic E-state index is 13.0. The molecule has 0 bridgehead atoms. The molecule has 0 unspecified atom stereocenters. The smallest absolute Gasteiger partial charge is 0.303 e. The summed E-state index contributed by atoms with van der Waals surface area (Å²) in [5.74, 6) is -1.45. The molecule has 1 aromatic carbocycles. The molecule has 5 heteroatoms. The number of carboxylic acids is 1. The van der Waals surface area contributed by atoms with Gasteiger partial charge >= 0.3 is 5.97 Å². The van der Waals surface area contributed by atoms with Crippen molar-refractivity contribution in [3.63, 3.8) is 0 Å². The molecule has 0 aliphatic carbocycles. The molecule has 0 atom stereocenters. The standard InChI is InChI=1S/C13H16FNO3/c1-9-8-10(5-6-11(9)14)13(18)15-7-3-2-4-12(16)17/h5-6,8H,2-4,7H2,1H3,(H,15,18)(H,16,17). The third-order valence-electron chi connectivity index (χ3n) is 2.52. The SMILES string of the molecule is Cc1cc(C(=O)NCCCCC(=O)O)ccc1F. The monoisotopic (exact) mass is 253 g/mol. The van der Waals surface area contributed by atoms with Gasteiger partial charge in [-0.25, -0.2) is 4.39 Å². The van der Waals surface area contributed by atoms with Gasteiger partial charge in [0.15, 0.2) is 0 Å². The minimum absolute atomic E-state index is 0.103. The third kappa shape index (κ3) is 4.53. The van der Waals surface area contributed by atoms with Gasteiger partial charge in [0, 0.05) is 18.5 Å². The summed E-state index contributed by atoms with van der Waals surface area (Å²) in [5.41, 5.74) is 0.834. The lowest BCUT2D eigenvalue weighted by Gasteiger charge is -2.05. The van der Waals surface area contributed by atoms with Gasteiger partial charge in [-0.15, -0.1) is 0 Å². The van der Waals surface area contributed by atoms with Crippen molar-refractivity contribution < 1.29 is 19.1 Å². The van der Waals surface area contributed by atoms with Gasteiger partial charge in [0.1, 0.15) is 5.82 Å². The molecule has 0 aromatic heterocycles. The fraction of sp³-hybridized carbons (Fsp3) is 0.385. The van der Waals surface area contributed by atoms with Crippen LogP contribution in [0.5, 0.6) is 0 Å². The van der Waals surface area contributed by atoms with Crippen LogP contribution in [0, 0.1) is 12.7 Å². The first-order valence-corrected chi connectivity index (χ1v) is 5.77. The highest BCUT2D eigenvalue weighted by molar-refractivity contribution is 5.94. The Hall–Kier alpha value is -1.91. The Morgan fingerprint density at radius 3 is 2.67 bits per heavy atom. The second-order valence-electron chi connectivity index (χ2n) is 4.07. The summed E-state index contributed by atoms with van der Waals surface area (Å²) >= 11 is 0. The number of hydrogen-bond donors (Lipinski definition) is 2. The molecule has 0 fully saturated rings. The summed E-state index contributed by atoms with van der Waals surface area (Å²) in [6.07, 6.45) is 1.24. The van der Waals surface area contributed by atoms with Crippen LogP contribution in [0.15, 0.2) is 18.2 Å². The van der Waals surface area contributed by atoms with Gasteiger partial charge in [-0.2, -0.15) is 0 Å². The normalized spacial score (nSPS) is 10.1. The summed E-state index contributed by atoms with van der Waals surface area (Å²) in [5, 5.41) is 11.1. The van der Waals surface area contributed by atoms with Crippen molar-refractivity contribution in [1.29, 1.82) is 0 Å². The number of rotatable bonds is 6. The molecule has 98 valence electrons. The molecule has 2 N–H and O–H groups in total. The van der Waals surface area contributed by atoms with Crippen LogP contribution in [0.3, 0.4) is 0 Å². The predicted molar refractivity (Wildman–Crippen MR) is 65.0 cm³/mol. The van der Waals surface area contributed by atoms with Crippen LogP contribution in [0.25, 0.3) is 0 Å². The Bertz CT molecular complexity index is 446. The van der Waals surface area contributed by atoms with Crippen LogP contribution in [0.1, 0.15) is 35.2 Å². The maximum Gasteiger partial charge on any atom is 0.303 e. The molecule has 1 amide bonds. The average Bonchev–Trinajstić information content (AvgIpc) is 2.31. The fourth-order valence-corrected chi connectivity index (χ4v) is 1.49. The largest absolute Gasteiger partial charge is 0.481 e. The summed E-state index contributed by atoms with van der Waals surface area (Å²) in [4.78, 5) is 21.9. The van der Waals surface area contributed by atoms with Crippen LogP contribution < -0.4 is 5.32 Å². The molecule has 1 aromatic rings. The Kier molecular flexibility index (Phi) is 5.30. The van der Waals surface area contributed by atoms with Gasteiger partial charge in [-0.1, -0.05) is 0 Å². The molecule has 0 aliphatic rings. The number of carbonyl (C=O) groups excluding carboxylic acids is 1. The van der Waals surface area contributed by atoms with E-state index in [1.54, 1.807) is 6.92 Å². The van der Waals surface area contributed by atoms with Crippen LogP contribution >= 0.6 is 0 Å². The summed E-state index contributed by atoms with van der Waals surface area (Å²) < 4.78 is 13.0. The van der Waals surface area contributed by atoms with Crippen molar-refractivity contribution in [3.8, 4) is 0 Å². The molecule has 0 saturated heterocycles. The molecular formula is C13H16FNO3. The lowest BCUT2D eigenvalue weighted by atomic mass is 10.1. The fourth-order valence-electron chi connectivity index (χ4n) is 1.49. The zero-order valence-electron chi connectivity index (χ0n) is 10.2. The van der Waals surface area contributed by atoms with Crippen molar-refractivity contribution in [1.82, 2.24) is 5.32 Å². The second-order valence-corrected chi connectivity index (χ2v) is 4.07. The number of aryl methyl sites for hydroxylation is 1. The highest BCUT2D eigenvalue weighted by atomic mass is 19.1. The van der Waals surface area contributed by atoms with Crippen molar-refractivity contribution in [3.05, 3.63) is 35.1 Å². The minimum atomic E-state index is -0.838. The molecule has 0 radical (unpaired) electrons. The average molecular weight is 253 g/mol. The Morgan fingerprint density at radius 2 is 2.06 bits per heavy atom. The molecule has 0 spiro atoms. The molecule has 1 rings (SSSR count). The number of amides is 1. The molecule has 18 heavy (non-hydrogen) atoms. The number of carboxylic acid groups (broad SMARTS) is 1. The summed E-state index contributed by atoms with van der Waals surface area (Å²) in [6.45, 7) is 2.02. The van der Waals surface area contributed by atoms with E-state index in [-0.39, 0.29) is 18.1 Å². The van der Waals surface area contributed by atoms with E-state index in [9.17, 15) is 14.0 Å². The number of benzene rings is 1. The van der Waals surface area contributed by atoms with E-state index < -0.39 is 5.97 Å². The van der Waals surface area contributed by atoms with E-state index in [0.717, 1.165) is 0 Å². The highest BCUT2D eigenvalue weighted by Gasteiger charge is 2.07. The molecular weight excluding hydrogens is 237 g/mol.